The Morgan fingerprint density at radius 3 is 3.00 bits per heavy atom. The topological polar surface area (TPSA) is 46.5 Å². The quantitative estimate of drug-likeness (QED) is 0.581. The first-order chi connectivity index (χ1) is 6.74. The highest BCUT2D eigenvalue weighted by Gasteiger charge is 2.02. The second-order valence-electron chi connectivity index (χ2n) is 2.64. The highest BCUT2D eigenvalue weighted by molar-refractivity contribution is 5.87. The zero-order chi connectivity index (χ0) is 10.4. The first kappa shape index (κ1) is 10.1. The average molecular weight is 190 g/mol. The van der Waals surface area contributed by atoms with E-state index in [9.17, 15) is 4.79 Å². The Balaban J connectivity index is 2.65. The van der Waals surface area contributed by atoms with Crippen LogP contribution in [0.25, 0.3) is 0 Å². The van der Waals surface area contributed by atoms with E-state index in [1.165, 1.54) is 12.1 Å². The molecule has 0 aromatic heterocycles. The van der Waals surface area contributed by atoms with Crippen LogP contribution in [0.4, 0.5) is 0 Å². The molecule has 14 heavy (non-hydrogen) atoms. The van der Waals surface area contributed by atoms with Gasteiger partial charge < -0.3 is 9.84 Å². The molecule has 0 unspecified atom stereocenters. The molecule has 0 bridgehead atoms. The average Bonchev–Trinajstić information content (AvgIpc) is 2.19. The number of ether oxygens (including phenoxy) is 1. The monoisotopic (exact) mass is 190 g/mol. The minimum absolute atomic E-state index is 0.211. The van der Waals surface area contributed by atoms with Crippen molar-refractivity contribution in [2.24, 2.45) is 0 Å². The summed E-state index contributed by atoms with van der Waals surface area (Å²) in [6, 6.07) is 6.31. The van der Waals surface area contributed by atoms with Gasteiger partial charge in [0.15, 0.2) is 0 Å². The number of hydrogen-bond acceptors (Lipinski definition) is 2. The van der Waals surface area contributed by atoms with Gasteiger partial charge in [-0.2, -0.15) is 0 Å². The molecule has 0 saturated heterocycles. The first-order valence-electron chi connectivity index (χ1n) is 4.13. The molecule has 1 rings (SSSR count). The second kappa shape index (κ2) is 4.93. The van der Waals surface area contributed by atoms with Crippen molar-refractivity contribution in [3.05, 3.63) is 29.8 Å². The van der Waals surface area contributed by atoms with Crippen LogP contribution >= 0.6 is 0 Å². The fraction of sp³-hybridized carbons (Fsp3) is 0.182. The number of aromatic carboxylic acids is 1. The Labute approximate surface area is 82.3 Å². The first-order valence-corrected chi connectivity index (χ1v) is 4.13. The van der Waals surface area contributed by atoms with Crippen LogP contribution in [-0.2, 0) is 0 Å². The summed E-state index contributed by atoms with van der Waals surface area (Å²) in [7, 11) is 0. The highest BCUT2D eigenvalue weighted by atomic mass is 16.5. The van der Waals surface area contributed by atoms with Crippen LogP contribution in [0.15, 0.2) is 24.3 Å². The zero-order valence-electron chi connectivity index (χ0n) is 7.56. The lowest BCUT2D eigenvalue weighted by atomic mass is 10.2. The van der Waals surface area contributed by atoms with Crippen molar-refractivity contribution in [3.8, 4) is 18.1 Å². The smallest absolute Gasteiger partial charge is 0.335 e. The minimum atomic E-state index is -0.965. The van der Waals surface area contributed by atoms with Crippen molar-refractivity contribution in [3.63, 3.8) is 0 Å². The summed E-state index contributed by atoms with van der Waals surface area (Å²) in [4.78, 5) is 10.6. The van der Waals surface area contributed by atoms with Gasteiger partial charge in [0.1, 0.15) is 5.75 Å². The van der Waals surface area contributed by atoms with E-state index >= 15 is 0 Å². The van der Waals surface area contributed by atoms with Crippen molar-refractivity contribution >= 4 is 5.97 Å². The molecular weight excluding hydrogens is 180 g/mol. The third-order valence-corrected chi connectivity index (χ3v) is 1.60. The Morgan fingerprint density at radius 1 is 1.57 bits per heavy atom. The number of benzene rings is 1. The largest absolute Gasteiger partial charge is 0.493 e. The Morgan fingerprint density at radius 2 is 2.36 bits per heavy atom. The van der Waals surface area contributed by atoms with Gasteiger partial charge in [-0.3, -0.25) is 0 Å². The maximum Gasteiger partial charge on any atom is 0.335 e. The van der Waals surface area contributed by atoms with E-state index in [0.29, 0.717) is 18.8 Å². The summed E-state index contributed by atoms with van der Waals surface area (Å²) < 4.78 is 5.23. The molecule has 0 heterocycles. The van der Waals surface area contributed by atoms with Gasteiger partial charge in [0.05, 0.1) is 12.2 Å². The van der Waals surface area contributed by atoms with Crippen LogP contribution in [0.3, 0.4) is 0 Å². The molecule has 1 N–H and O–H groups in total. The lowest BCUT2D eigenvalue weighted by molar-refractivity contribution is 0.0696. The van der Waals surface area contributed by atoms with Crippen molar-refractivity contribution in [1.29, 1.82) is 0 Å². The molecule has 0 fully saturated rings. The lowest BCUT2D eigenvalue weighted by Gasteiger charge is -2.04. The molecule has 0 aliphatic carbocycles. The summed E-state index contributed by atoms with van der Waals surface area (Å²) in [5.41, 5.74) is 0.211. The van der Waals surface area contributed by atoms with Crippen molar-refractivity contribution in [2.75, 3.05) is 6.61 Å². The molecule has 3 heteroatoms. The number of carboxylic acids is 1. The van der Waals surface area contributed by atoms with Crippen molar-refractivity contribution in [1.82, 2.24) is 0 Å². The normalized spacial score (nSPS) is 9.07. The molecule has 1 aromatic carbocycles. The number of carboxylic acid groups (broad SMARTS) is 1. The number of rotatable bonds is 4. The zero-order valence-corrected chi connectivity index (χ0v) is 7.56. The minimum Gasteiger partial charge on any atom is -0.493 e. The third kappa shape index (κ3) is 2.83. The Kier molecular flexibility index (Phi) is 3.57. The van der Waals surface area contributed by atoms with Gasteiger partial charge in [0, 0.05) is 6.42 Å². The molecule has 0 aliphatic heterocycles. The molecule has 3 nitrogen and oxygen atoms in total. The summed E-state index contributed by atoms with van der Waals surface area (Å²) in [5, 5.41) is 8.69. The standard InChI is InChI=1S/C11H10O3/c1-2-3-7-14-10-6-4-5-9(8-10)11(12)13/h1,4-6,8H,3,7H2,(H,12,13). The fourth-order valence-electron chi connectivity index (χ4n) is 0.947. The van der Waals surface area contributed by atoms with Gasteiger partial charge in [0.25, 0.3) is 0 Å². The lowest BCUT2D eigenvalue weighted by Crippen LogP contribution is -1.99. The Hall–Kier alpha value is -1.95. The van der Waals surface area contributed by atoms with E-state index in [0.717, 1.165) is 0 Å². The van der Waals surface area contributed by atoms with Crippen LogP contribution < -0.4 is 4.74 Å². The molecule has 1 aromatic rings. The third-order valence-electron chi connectivity index (χ3n) is 1.60. The van der Waals surface area contributed by atoms with E-state index in [-0.39, 0.29) is 5.56 Å². The van der Waals surface area contributed by atoms with Gasteiger partial charge in [0.2, 0.25) is 0 Å². The molecule has 0 saturated carbocycles. The molecule has 0 aliphatic rings. The maximum absolute atomic E-state index is 10.6. The summed E-state index contributed by atoms with van der Waals surface area (Å²) in [6.45, 7) is 0.402. The number of terminal acetylenes is 1. The van der Waals surface area contributed by atoms with Crippen molar-refractivity contribution in [2.45, 2.75) is 6.42 Å². The molecule has 0 atom stereocenters. The molecule has 0 spiro atoms. The second-order valence-corrected chi connectivity index (χ2v) is 2.64. The molecule has 0 amide bonds. The number of hydrogen-bond donors (Lipinski definition) is 1. The molecule has 0 radical (unpaired) electrons. The van der Waals surface area contributed by atoms with Crippen LogP contribution in [-0.4, -0.2) is 17.7 Å². The van der Waals surface area contributed by atoms with Crippen LogP contribution in [0.1, 0.15) is 16.8 Å². The van der Waals surface area contributed by atoms with Crippen LogP contribution in [0.2, 0.25) is 0 Å². The van der Waals surface area contributed by atoms with Crippen molar-refractivity contribution < 1.29 is 14.6 Å². The van der Waals surface area contributed by atoms with Gasteiger partial charge in [-0.15, -0.1) is 12.3 Å². The SMILES string of the molecule is C#CCCOc1cccc(C(=O)O)c1. The van der Waals surface area contributed by atoms with Gasteiger partial charge in [-0.25, -0.2) is 4.79 Å². The molecular formula is C11H10O3. The summed E-state index contributed by atoms with van der Waals surface area (Å²) in [6.07, 6.45) is 5.56. The predicted molar refractivity (Wildman–Crippen MR) is 52.3 cm³/mol. The van der Waals surface area contributed by atoms with Gasteiger partial charge in [-0.1, -0.05) is 6.07 Å². The van der Waals surface area contributed by atoms with E-state index in [1.54, 1.807) is 12.1 Å². The predicted octanol–water partition coefficient (Wildman–Crippen LogP) is 1.79. The Bertz CT molecular complexity index is 363. The summed E-state index contributed by atoms with van der Waals surface area (Å²) >= 11 is 0. The van der Waals surface area contributed by atoms with Crippen LogP contribution in [0, 0.1) is 12.3 Å². The van der Waals surface area contributed by atoms with E-state index in [2.05, 4.69) is 5.92 Å². The highest BCUT2D eigenvalue weighted by Crippen LogP contribution is 2.13. The maximum atomic E-state index is 10.6. The van der Waals surface area contributed by atoms with E-state index < -0.39 is 5.97 Å². The van der Waals surface area contributed by atoms with Crippen LogP contribution in [0.5, 0.6) is 5.75 Å². The fourth-order valence-corrected chi connectivity index (χ4v) is 0.947. The van der Waals surface area contributed by atoms with E-state index in [1.807, 2.05) is 0 Å². The number of carbonyl (C=O) groups is 1. The van der Waals surface area contributed by atoms with Gasteiger partial charge >= 0.3 is 5.97 Å². The van der Waals surface area contributed by atoms with Gasteiger partial charge in [-0.05, 0) is 18.2 Å². The molecule has 72 valence electrons. The summed E-state index contributed by atoms with van der Waals surface area (Å²) in [5.74, 6) is 2.00. The van der Waals surface area contributed by atoms with E-state index in [4.69, 9.17) is 16.3 Å².